The highest BCUT2D eigenvalue weighted by Crippen LogP contribution is 2.22. The van der Waals surface area contributed by atoms with Crippen molar-refractivity contribution < 1.29 is 9.90 Å². The van der Waals surface area contributed by atoms with Crippen molar-refractivity contribution >= 4 is 29.1 Å². The Kier molecular flexibility index (Phi) is 4.66. The molecule has 3 nitrogen and oxygen atoms in total. The lowest BCUT2D eigenvalue weighted by molar-refractivity contribution is 0.0937. The van der Waals surface area contributed by atoms with Crippen LogP contribution in [0.3, 0.4) is 0 Å². The zero-order valence-electron chi connectivity index (χ0n) is 9.76. The lowest BCUT2D eigenvalue weighted by atomic mass is 9.96. The number of aromatic hydroxyl groups is 1. The van der Waals surface area contributed by atoms with Crippen LogP contribution < -0.4 is 5.32 Å². The van der Waals surface area contributed by atoms with Gasteiger partial charge < -0.3 is 10.4 Å². The van der Waals surface area contributed by atoms with E-state index in [0.717, 1.165) is 0 Å². The molecule has 1 amide bonds. The molecule has 1 rings (SSSR count). The van der Waals surface area contributed by atoms with Crippen LogP contribution in [-0.2, 0) is 0 Å². The first-order valence-corrected chi connectivity index (χ1v) is 6.10. The minimum absolute atomic E-state index is 0.126. The summed E-state index contributed by atoms with van der Waals surface area (Å²) in [4.78, 5) is 11.8. The van der Waals surface area contributed by atoms with Crippen molar-refractivity contribution in [2.24, 2.45) is 5.41 Å². The van der Waals surface area contributed by atoms with E-state index >= 15 is 0 Å². The molecule has 0 radical (unpaired) electrons. The number of carbonyl (C=O) groups excluding carboxylic acids is 1. The summed E-state index contributed by atoms with van der Waals surface area (Å²) in [6.45, 7) is 4.33. The molecule has 0 heterocycles. The van der Waals surface area contributed by atoms with E-state index in [1.165, 1.54) is 12.1 Å². The van der Waals surface area contributed by atoms with Crippen LogP contribution in [-0.4, -0.2) is 23.4 Å². The van der Waals surface area contributed by atoms with Crippen LogP contribution in [0, 0.1) is 5.41 Å². The SMILES string of the molecule is CC(C)(CCl)CNC(=O)c1ccc(Cl)cc1O. The van der Waals surface area contributed by atoms with Crippen LogP contribution in [0.5, 0.6) is 5.75 Å². The van der Waals surface area contributed by atoms with Gasteiger partial charge in [-0.1, -0.05) is 25.4 Å². The van der Waals surface area contributed by atoms with Gasteiger partial charge in [-0.2, -0.15) is 0 Å². The van der Waals surface area contributed by atoms with Crippen molar-refractivity contribution in [3.05, 3.63) is 28.8 Å². The van der Waals surface area contributed by atoms with Crippen molar-refractivity contribution in [3.8, 4) is 5.75 Å². The van der Waals surface area contributed by atoms with Crippen LogP contribution >= 0.6 is 23.2 Å². The molecule has 1 aromatic carbocycles. The van der Waals surface area contributed by atoms with Crippen molar-refractivity contribution in [2.45, 2.75) is 13.8 Å². The van der Waals surface area contributed by atoms with Gasteiger partial charge in [-0.3, -0.25) is 4.79 Å². The number of hydrogen-bond acceptors (Lipinski definition) is 2. The lowest BCUT2D eigenvalue weighted by Crippen LogP contribution is -2.35. The zero-order chi connectivity index (χ0) is 13.1. The molecule has 0 atom stereocenters. The molecule has 0 aliphatic heterocycles. The van der Waals surface area contributed by atoms with Gasteiger partial charge in [0.2, 0.25) is 0 Å². The van der Waals surface area contributed by atoms with Gasteiger partial charge in [0.25, 0.3) is 5.91 Å². The van der Waals surface area contributed by atoms with Crippen LogP contribution in [0.25, 0.3) is 0 Å². The minimum atomic E-state index is -0.336. The van der Waals surface area contributed by atoms with Gasteiger partial charge in [0.05, 0.1) is 5.56 Å². The fraction of sp³-hybridized carbons (Fsp3) is 0.417. The quantitative estimate of drug-likeness (QED) is 0.830. The smallest absolute Gasteiger partial charge is 0.255 e. The molecule has 0 aromatic heterocycles. The second-order valence-electron chi connectivity index (χ2n) is 4.64. The highest BCUT2D eigenvalue weighted by atomic mass is 35.5. The molecule has 0 saturated carbocycles. The highest BCUT2D eigenvalue weighted by molar-refractivity contribution is 6.30. The van der Waals surface area contributed by atoms with Gasteiger partial charge in [-0.25, -0.2) is 0 Å². The highest BCUT2D eigenvalue weighted by Gasteiger charge is 2.19. The number of halogens is 2. The maximum atomic E-state index is 11.8. The molecular formula is C12H15Cl2NO2. The maximum Gasteiger partial charge on any atom is 0.255 e. The van der Waals surface area contributed by atoms with E-state index in [2.05, 4.69) is 5.32 Å². The third kappa shape index (κ3) is 4.10. The van der Waals surface area contributed by atoms with Gasteiger partial charge in [0.1, 0.15) is 5.75 Å². The Morgan fingerprint density at radius 1 is 1.47 bits per heavy atom. The summed E-state index contributed by atoms with van der Waals surface area (Å²) in [5.41, 5.74) is 0.0268. The summed E-state index contributed by atoms with van der Waals surface area (Å²) < 4.78 is 0. The standard InChI is InChI=1S/C12H15Cl2NO2/c1-12(2,6-13)7-15-11(17)9-4-3-8(14)5-10(9)16/h3-5,16H,6-7H2,1-2H3,(H,15,17). The molecule has 94 valence electrons. The topological polar surface area (TPSA) is 49.3 Å². The van der Waals surface area contributed by atoms with E-state index in [-0.39, 0.29) is 22.6 Å². The Morgan fingerprint density at radius 3 is 2.65 bits per heavy atom. The van der Waals surface area contributed by atoms with Crippen LogP contribution in [0.1, 0.15) is 24.2 Å². The number of phenolic OH excluding ortho intramolecular Hbond substituents is 1. The van der Waals surface area contributed by atoms with Gasteiger partial charge in [0.15, 0.2) is 0 Å². The number of amides is 1. The summed E-state index contributed by atoms with van der Waals surface area (Å²) >= 11 is 11.4. The first kappa shape index (κ1) is 14.1. The van der Waals surface area contributed by atoms with E-state index in [1.54, 1.807) is 6.07 Å². The number of benzene rings is 1. The van der Waals surface area contributed by atoms with E-state index in [1.807, 2.05) is 13.8 Å². The number of carbonyl (C=O) groups is 1. The predicted molar refractivity (Wildman–Crippen MR) is 70.0 cm³/mol. The van der Waals surface area contributed by atoms with Crippen LogP contribution in [0.4, 0.5) is 0 Å². The first-order valence-electron chi connectivity index (χ1n) is 5.18. The van der Waals surface area contributed by atoms with Crippen molar-refractivity contribution in [1.29, 1.82) is 0 Å². The Hall–Kier alpha value is -0.930. The second kappa shape index (κ2) is 5.61. The second-order valence-corrected chi connectivity index (χ2v) is 5.35. The first-order chi connectivity index (χ1) is 7.85. The molecule has 0 fully saturated rings. The van der Waals surface area contributed by atoms with E-state index in [9.17, 15) is 9.90 Å². The molecule has 17 heavy (non-hydrogen) atoms. The number of alkyl halides is 1. The third-order valence-corrected chi connectivity index (χ3v) is 3.25. The van der Waals surface area contributed by atoms with Crippen LogP contribution in [0.15, 0.2) is 18.2 Å². The Bertz CT molecular complexity index is 419. The molecule has 0 aliphatic rings. The van der Waals surface area contributed by atoms with Crippen molar-refractivity contribution in [1.82, 2.24) is 5.32 Å². The molecule has 5 heteroatoms. The monoisotopic (exact) mass is 275 g/mol. The summed E-state index contributed by atoms with van der Waals surface area (Å²) in [5.74, 6) is -0.0177. The maximum absolute atomic E-state index is 11.8. The zero-order valence-corrected chi connectivity index (χ0v) is 11.3. The molecule has 0 aliphatic carbocycles. The number of nitrogens with one attached hydrogen (secondary N) is 1. The summed E-state index contributed by atoms with van der Waals surface area (Å²) in [6, 6.07) is 4.38. The van der Waals surface area contributed by atoms with Gasteiger partial charge in [-0.15, -0.1) is 11.6 Å². The lowest BCUT2D eigenvalue weighted by Gasteiger charge is -2.21. The number of phenols is 1. The van der Waals surface area contributed by atoms with Gasteiger partial charge >= 0.3 is 0 Å². The van der Waals surface area contributed by atoms with Crippen molar-refractivity contribution in [3.63, 3.8) is 0 Å². The van der Waals surface area contributed by atoms with E-state index in [0.29, 0.717) is 17.4 Å². The summed E-state index contributed by atoms with van der Waals surface area (Å²) in [6.07, 6.45) is 0. The Labute approximate surface area is 111 Å². The Morgan fingerprint density at radius 2 is 2.12 bits per heavy atom. The molecular weight excluding hydrogens is 261 g/mol. The largest absolute Gasteiger partial charge is 0.507 e. The molecule has 0 unspecified atom stereocenters. The van der Waals surface area contributed by atoms with E-state index < -0.39 is 0 Å². The third-order valence-electron chi connectivity index (χ3n) is 2.29. The molecule has 0 saturated heterocycles. The molecule has 0 spiro atoms. The molecule has 2 N–H and O–H groups in total. The molecule has 1 aromatic rings. The van der Waals surface area contributed by atoms with Gasteiger partial charge in [0, 0.05) is 17.4 Å². The van der Waals surface area contributed by atoms with E-state index in [4.69, 9.17) is 23.2 Å². The minimum Gasteiger partial charge on any atom is -0.507 e. The molecule has 0 bridgehead atoms. The Balaban J connectivity index is 2.71. The average molecular weight is 276 g/mol. The normalized spacial score (nSPS) is 11.3. The van der Waals surface area contributed by atoms with Crippen molar-refractivity contribution in [2.75, 3.05) is 12.4 Å². The number of hydrogen-bond donors (Lipinski definition) is 2. The summed E-state index contributed by atoms with van der Waals surface area (Å²) in [7, 11) is 0. The van der Waals surface area contributed by atoms with Gasteiger partial charge in [-0.05, 0) is 23.6 Å². The predicted octanol–water partition coefficient (Wildman–Crippen LogP) is 3.04. The average Bonchev–Trinajstić information content (AvgIpc) is 2.26. The summed E-state index contributed by atoms with van der Waals surface area (Å²) in [5, 5.41) is 12.7. The van der Waals surface area contributed by atoms with Crippen LogP contribution in [0.2, 0.25) is 5.02 Å². The number of rotatable bonds is 4. The fourth-order valence-electron chi connectivity index (χ4n) is 1.16. The fourth-order valence-corrected chi connectivity index (χ4v) is 1.42.